The number of amides is 1. The molecule has 5 rings (SSSR count). The summed E-state index contributed by atoms with van der Waals surface area (Å²) in [4.78, 5) is 14.7. The number of hydrogen-bond donors (Lipinski definition) is 1. The topological polar surface area (TPSA) is 60.0 Å². The zero-order valence-corrected chi connectivity index (χ0v) is 15.0. The van der Waals surface area contributed by atoms with Gasteiger partial charge >= 0.3 is 0 Å². The molecule has 2 saturated heterocycles. The monoisotopic (exact) mass is 358 g/mol. The maximum Gasteiger partial charge on any atom is 0.249 e. The van der Waals surface area contributed by atoms with Gasteiger partial charge in [-0.25, -0.2) is 0 Å². The lowest BCUT2D eigenvalue weighted by Gasteiger charge is -2.34. The highest BCUT2D eigenvalue weighted by atomic mass is 16.7. The van der Waals surface area contributed by atoms with Gasteiger partial charge in [0.2, 0.25) is 12.7 Å². The molecular formula is C20H26N2O4. The van der Waals surface area contributed by atoms with Crippen molar-refractivity contribution in [2.75, 3.05) is 26.4 Å². The Labute approximate surface area is 153 Å². The summed E-state index contributed by atoms with van der Waals surface area (Å²) in [6, 6.07) is 6.15. The molecule has 0 unspecified atom stereocenters. The third-order valence-corrected chi connectivity index (χ3v) is 6.03. The van der Waals surface area contributed by atoms with Gasteiger partial charge in [0.1, 0.15) is 6.10 Å². The van der Waals surface area contributed by atoms with Crippen LogP contribution < -0.4 is 14.8 Å². The van der Waals surface area contributed by atoms with Gasteiger partial charge in [-0.15, -0.1) is 0 Å². The molecule has 140 valence electrons. The normalized spacial score (nSPS) is 30.2. The molecule has 1 amide bonds. The van der Waals surface area contributed by atoms with Gasteiger partial charge < -0.3 is 19.5 Å². The van der Waals surface area contributed by atoms with Crippen LogP contribution in [0.4, 0.5) is 0 Å². The second-order valence-corrected chi connectivity index (χ2v) is 8.06. The molecule has 0 radical (unpaired) electrons. The molecule has 1 saturated carbocycles. The van der Waals surface area contributed by atoms with Crippen molar-refractivity contribution in [3.63, 3.8) is 0 Å². The predicted octanol–water partition coefficient (Wildman–Crippen LogP) is 1.92. The van der Waals surface area contributed by atoms with Crippen molar-refractivity contribution in [3.05, 3.63) is 23.8 Å². The van der Waals surface area contributed by atoms with Gasteiger partial charge in [-0.3, -0.25) is 9.69 Å². The standard InChI is InChI=1S/C20H26N2O4/c23-20(21-9-13-1-2-13)18-8-15-5-6-22(11-19(15)26-18)10-14-3-4-16-17(7-14)25-12-24-16/h3-4,7,13,15,18-19H,1-2,5-6,8-12H2,(H,21,23)/t15-,18+,19+/m1/s1. The Morgan fingerprint density at radius 1 is 1.19 bits per heavy atom. The third kappa shape index (κ3) is 3.40. The lowest BCUT2D eigenvalue weighted by atomic mass is 9.91. The molecule has 0 spiro atoms. The van der Waals surface area contributed by atoms with Gasteiger partial charge in [0.05, 0.1) is 6.10 Å². The smallest absolute Gasteiger partial charge is 0.249 e. The van der Waals surface area contributed by atoms with Crippen molar-refractivity contribution in [2.24, 2.45) is 11.8 Å². The predicted molar refractivity (Wildman–Crippen MR) is 95.0 cm³/mol. The summed E-state index contributed by atoms with van der Waals surface area (Å²) in [7, 11) is 0. The van der Waals surface area contributed by atoms with Crippen molar-refractivity contribution in [1.82, 2.24) is 10.2 Å². The molecule has 3 atom stereocenters. The summed E-state index contributed by atoms with van der Waals surface area (Å²) in [6.45, 7) is 3.96. The highest BCUT2D eigenvalue weighted by molar-refractivity contribution is 5.81. The molecular weight excluding hydrogens is 332 g/mol. The van der Waals surface area contributed by atoms with Crippen LogP contribution in [0.2, 0.25) is 0 Å². The third-order valence-electron chi connectivity index (χ3n) is 6.03. The average Bonchev–Trinajstić information content (AvgIpc) is 3.19. The van der Waals surface area contributed by atoms with Crippen LogP contribution in [0.1, 0.15) is 31.2 Å². The molecule has 3 aliphatic heterocycles. The molecule has 26 heavy (non-hydrogen) atoms. The number of rotatable bonds is 5. The van der Waals surface area contributed by atoms with Crippen molar-refractivity contribution in [3.8, 4) is 11.5 Å². The van der Waals surface area contributed by atoms with Gasteiger partial charge in [-0.1, -0.05) is 6.07 Å². The summed E-state index contributed by atoms with van der Waals surface area (Å²) in [5.41, 5.74) is 1.23. The van der Waals surface area contributed by atoms with Gasteiger partial charge in [0, 0.05) is 19.6 Å². The summed E-state index contributed by atoms with van der Waals surface area (Å²) in [5.74, 6) is 2.97. The van der Waals surface area contributed by atoms with E-state index in [1.54, 1.807) is 0 Å². The first-order valence-electron chi connectivity index (χ1n) is 9.78. The number of nitrogens with zero attached hydrogens (tertiary/aromatic N) is 1. The van der Waals surface area contributed by atoms with E-state index in [2.05, 4.69) is 22.3 Å². The number of carbonyl (C=O) groups is 1. The van der Waals surface area contributed by atoms with E-state index in [0.717, 1.165) is 50.5 Å². The lowest BCUT2D eigenvalue weighted by molar-refractivity contribution is -0.132. The van der Waals surface area contributed by atoms with E-state index in [0.29, 0.717) is 18.6 Å². The van der Waals surface area contributed by atoms with Crippen molar-refractivity contribution in [1.29, 1.82) is 0 Å². The molecule has 6 nitrogen and oxygen atoms in total. The van der Waals surface area contributed by atoms with Crippen molar-refractivity contribution < 1.29 is 19.0 Å². The minimum atomic E-state index is -0.255. The minimum Gasteiger partial charge on any atom is -0.454 e. The van der Waals surface area contributed by atoms with Crippen LogP contribution in [-0.4, -0.2) is 49.4 Å². The van der Waals surface area contributed by atoms with E-state index in [-0.39, 0.29) is 18.1 Å². The van der Waals surface area contributed by atoms with Crippen LogP contribution in [0.3, 0.4) is 0 Å². The molecule has 6 heteroatoms. The maximum absolute atomic E-state index is 12.3. The zero-order valence-electron chi connectivity index (χ0n) is 15.0. The Hall–Kier alpha value is -1.79. The van der Waals surface area contributed by atoms with Crippen LogP contribution in [0, 0.1) is 11.8 Å². The molecule has 0 bridgehead atoms. The molecule has 0 aromatic heterocycles. The van der Waals surface area contributed by atoms with E-state index >= 15 is 0 Å². The molecule has 3 heterocycles. The number of fused-ring (bicyclic) bond motifs is 2. The molecule has 1 aromatic carbocycles. The van der Waals surface area contributed by atoms with E-state index in [4.69, 9.17) is 14.2 Å². The molecule has 1 aromatic rings. The Balaban J connectivity index is 1.15. The first-order chi connectivity index (χ1) is 12.7. The summed E-state index contributed by atoms with van der Waals surface area (Å²) < 4.78 is 17.0. The van der Waals surface area contributed by atoms with Crippen molar-refractivity contribution in [2.45, 2.75) is 44.4 Å². The van der Waals surface area contributed by atoms with Crippen LogP contribution >= 0.6 is 0 Å². The number of nitrogens with one attached hydrogen (secondary N) is 1. The number of likely N-dealkylation sites (tertiary alicyclic amines) is 1. The number of piperidine rings is 1. The van der Waals surface area contributed by atoms with Crippen LogP contribution in [0.25, 0.3) is 0 Å². The number of benzene rings is 1. The Morgan fingerprint density at radius 3 is 2.96 bits per heavy atom. The van der Waals surface area contributed by atoms with E-state index < -0.39 is 0 Å². The van der Waals surface area contributed by atoms with Crippen LogP contribution in [0.5, 0.6) is 11.5 Å². The van der Waals surface area contributed by atoms with Gasteiger partial charge in [0.25, 0.3) is 0 Å². The fraction of sp³-hybridized carbons (Fsp3) is 0.650. The fourth-order valence-electron chi connectivity index (χ4n) is 4.29. The average molecular weight is 358 g/mol. The zero-order chi connectivity index (χ0) is 17.5. The van der Waals surface area contributed by atoms with E-state index in [1.165, 1.54) is 18.4 Å². The second kappa shape index (κ2) is 6.74. The number of hydrogen-bond acceptors (Lipinski definition) is 5. The Morgan fingerprint density at radius 2 is 2.08 bits per heavy atom. The molecule has 4 aliphatic rings. The lowest BCUT2D eigenvalue weighted by Crippen LogP contribution is -2.42. The van der Waals surface area contributed by atoms with Crippen LogP contribution in [-0.2, 0) is 16.1 Å². The quantitative estimate of drug-likeness (QED) is 0.871. The SMILES string of the molecule is O=C(NCC1CC1)[C@@H]1C[C@H]2CCN(Cc3ccc4c(c3)OCO4)C[C@@H]2O1. The number of ether oxygens (including phenoxy) is 3. The largest absolute Gasteiger partial charge is 0.454 e. The summed E-state index contributed by atoms with van der Waals surface area (Å²) in [6.07, 6.45) is 4.40. The first-order valence-corrected chi connectivity index (χ1v) is 9.78. The van der Waals surface area contributed by atoms with Gasteiger partial charge in [-0.2, -0.15) is 0 Å². The van der Waals surface area contributed by atoms with Gasteiger partial charge in [0.15, 0.2) is 11.5 Å². The Bertz CT molecular complexity index is 690. The number of carbonyl (C=O) groups excluding carboxylic acids is 1. The first kappa shape index (κ1) is 16.4. The van der Waals surface area contributed by atoms with Crippen molar-refractivity contribution >= 4 is 5.91 Å². The molecule has 1 aliphatic carbocycles. The highest BCUT2D eigenvalue weighted by Crippen LogP contribution is 2.36. The van der Waals surface area contributed by atoms with E-state index in [9.17, 15) is 4.79 Å². The summed E-state index contributed by atoms with van der Waals surface area (Å²) in [5, 5.41) is 3.07. The molecule has 1 N–H and O–H groups in total. The highest BCUT2D eigenvalue weighted by Gasteiger charge is 2.42. The Kier molecular flexibility index (Phi) is 4.25. The summed E-state index contributed by atoms with van der Waals surface area (Å²) >= 11 is 0. The van der Waals surface area contributed by atoms with Crippen LogP contribution in [0.15, 0.2) is 18.2 Å². The molecule has 3 fully saturated rings. The maximum atomic E-state index is 12.3. The van der Waals surface area contributed by atoms with E-state index in [1.807, 2.05) is 6.07 Å². The van der Waals surface area contributed by atoms with Gasteiger partial charge in [-0.05, 0) is 61.8 Å². The fourth-order valence-corrected chi connectivity index (χ4v) is 4.29. The second-order valence-electron chi connectivity index (χ2n) is 8.06. The minimum absolute atomic E-state index is 0.0913.